The first kappa shape index (κ1) is 18.2. The van der Waals surface area contributed by atoms with Crippen LogP contribution in [0.15, 0.2) is 4.99 Å². The van der Waals surface area contributed by atoms with Crippen molar-refractivity contribution in [1.82, 2.24) is 15.5 Å². The topological polar surface area (TPSA) is 39.7 Å². The van der Waals surface area contributed by atoms with Gasteiger partial charge in [-0.25, -0.2) is 0 Å². The third-order valence-electron chi connectivity index (χ3n) is 3.68. The van der Waals surface area contributed by atoms with Gasteiger partial charge in [0.1, 0.15) is 0 Å². The average molecular weight is 270 g/mol. The summed E-state index contributed by atoms with van der Waals surface area (Å²) in [6.07, 6.45) is 2.42. The Balaban J connectivity index is 4.16. The maximum atomic E-state index is 4.29. The van der Waals surface area contributed by atoms with Crippen molar-refractivity contribution >= 4 is 5.96 Å². The smallest absolute Gasteiger partial charge is 0.191 e. The Bertz CT molecular complexity index is 269. The van der Waals surface area contributed by atoms with Crippen molar-refractivity contribution in [2.24, 2.45) is 10.9 Å². The third-order valence-corrected chi connectivity index (χ3v) is 3.68. The van der Waals surface area contributed by atoms with E-state index in [0.29, 0.717) is 6.04 Å². The molecule has 19 heavy (non-hydrogen) atoms. The van der Waals surface area contributed by atoms with Gasteiger partial charge in [-0.2, -0.15) is 0 Å². The van der Waals surface area contributed by atoms with E-state index in [1.165, 1.54) is 12.8 Å². The molecule has 1 atom stereocenters. The zero-order valence-electron chi connectivity index (χ0n) is 14.2. The highest BCUT2D eigenvalue weighted by Crippen LogP contribution is 2.08. The highest BCUT2D eigenvalue weighted by Gasteiger charge is 2.20. The predicted molar refractivity (Wildman–Crippen MR) is 85.8 cm³/mol. The monoisotopic (exact) mass is 270 g/mol. The van der Waals surface area contributed by atoms with Crippen molar-refractivity contribution in [3.8, 4) is 0 Å². The minimum absolute atomic E-state index is 0.110. The van der Waals surface area contributed by atoms with E-state index >= 15 is 0 Å². The van der Waals surface area contributed by atoms with Gasteiger partial charge >= 0.3 is 0 Å². The van der Waals surface area contributed by atoms with E-state index < -0.39 is 0 Å². The first-order valence-electron chi connectivity index (χ1n) is 7.33. The fraction of sp³-hybridized carbons (Fsp3) is 0.933. The van der Waals surface area contributed by atoms with Crippen LogP contribution in [0.2, 0.25) is 0 Å². The van der Waals surface area contributed by atoms with Gasteiger partial charge in [-0.3, -0.25) is 4.99 Å². The van der Waals surface area contributed by atoms with E-state index in [2.05, 4.69) is 69.2 Å². The normalized spacial score (nSPS) is 14.9. The molecule has 0 rings (SSSR count). The fourth-order valence-electron chi connectivity index (χ4n) is 1.54. The van der Waals surface area contributed by atoms with Crippen LogP contribution in [0.1, 0.15) is 47.5 Å². The van der Waals surface area contributed by atoms with Gasteiger partial charge in [0.15, 0.2) is 5.96 Å². The Morgan fingerprint density at radius 2 is 1.74 bits per heavy atom. The minimum atomic E-state index is 0.110. The Labute approximate surface area is 120 Å². The van der Waals surface area contributed by atoms with Crippen molar-refractivity contribution in [3.63, 3.8) is 0 Å². The number of nitrogens with zero attached hydrogens (tertiary/aromatic N) is 2. The summed E-state index contributed by atoms with van der Waals surface area (Å²) in [5.74, 6) is 1.65. The lowest BCUT2D eigenvalue weighted by Crippen LogP contribution is -2.52. The molecule has 0 aliphatic rings. The molecule has 4 nitrogen and oxygen atoms in total. The summed E-state index contributed by atoms with van der Waals surface area (Å²) in [7, 11) is 6.03. The average Bonchev–Trinajstić information content (AvgIpc) is 2.31. The summed E-state index contributed by atoms with van der Waals surface area (Å²) in [5.41, 5.74) is 0.110. The van der Waals surface area contributed by atoms with E-state index in [4.69, 9.17) is 0 Å². The van der Waals surface area contributed by atoms with Gasteiger partial charge in [0.05, 0.1) is 0 Å². The number of guanidine groups is 1. The summed E-state index contributed by atoms with van der Waals surface area (Å²) in [6.45, 7) is 12.0. The highest BCUT2D eigenvalue weighted by molar-refractivity contribution is 5.80. The summed E-state index contributed by atoms with van der Waals surface area (Å²) >= 11 is 0. The van der Waals surface area contributed by atoms with Gasteiger partial charge < -0.3 is 15.5 Å². The molecule has 1 unspecified atom stereocenters. The van der Waals surface area contributed by atoms with Crippen LogP contribution in [0.5, 0.6) is 0 Å². The molecule has 0 fully saturated rings. The van der Waals surface area contributed by atoms with Crippen LogP contribution in [-0.4, -0.2) is 50.1 Å². The van der Waals surface area contributed by atoms with E-state index in [0.717, 1.165) is 18.4 Å². The number of hydrogen-bond acceptors (Lipinski definition) is 2. The largest absolute Gasteiger partial charge is 0.355 e. The molecule has 0 heterocycles. The molecule has 0 aliphatic heterocycles. The molecular weight excluding hydrogens is 236 g/mol. The molecule has 0 aromatic heterocycles. The van der Waals surface area contributed by atoms with E-state index in [-0.39, 0.29) is 5.54 Å². The summed E-state index contributed by atoms with van der Waals surface area (Å²) < 4.78 is 0. The van der Waals surface area contributed by atoms with Crippen molar-refractivity contribution in [2.45, 2.75) is 59.0 Å². The second kappa shape index (κ2) is 8.41. The third kappa shape index (κ3) is 8.09. The number of likely N-dealkylation sites (N-methyl/N-ethyl adjacent to an activating group) is 1. The van der Waals surface area contributed by atoms with Crippen molar-refractivity contribution < 1.29 is 0 Å². The first-order valence-corrected chi connectivity index (χ1v) is 7.33. The summed E-state index contributed by atoms with van der Waals surface area (Å²) in [5, 5.41) is 6.86. The Morgan fingerprint density at radius 3 is 2.16 bits per heavy atom. The Kier molecular flexibility index (Phi) is 8.07. The summed E-state index contributed by atoms with van der Waals surface area (Å²) in [4.78, 5) is 6.51. The standard InChI is InChI=1S/C15H34N4/c1-12(2)9-10-13(3)18-14(16-6)17-11-15(4,5)19(7)8/h12-13H,9-11H2,1-8H3,(H2,16,17,18). The van der Waals surface area contributed by atoms with Crippen LogP contribution < -0.4 is 10.6 Å². The number of aliphatic imine (C=N–C) groups is 1. The van der Waals surface area contributed by atoms with Gasteiger partial charge in [-0.15, -0.1) is 0 Å². The van der Waals surface area contributed by atoms with Crippen molar-refractivity contribution in [3.05, 3.63) is 0 Å². The van der Waals surface area contributed by atoms with Gasteiger partial charge in [0.25, 0.3) is 0 Å². The Morgan fingerprint density at radius 1 is 1.16 bits per heavy atom. The van der Waals surface area contributed by atoms with Crippen LogP contribution in [0, 0.1) is 5.92 Å². The van der Waals surface area contributed by atoms with E-state index in [1.54, 1.807) is 0 Å². The van der Waals surface area contributed by atoms with E-state index in [1.807, 2.05) is 7.05 Å². The summed E-state index contributed by atoms with van der Waals surface area (Å²) in [6, 6.07) is 0.455. The molecular formula is C15H34N4. The second-order valence-corrected chi connectivity index (χ2v) is 6.65. The lowest BCUT2D eigenvalue weighted by molar-refractivity contribution is 0.197. The molecule has 114 valence electrons. The molecule has 0 amide bonds. The van der Waals surface area contributed by atoms with Gasteiger partial charge in [-0.1, -0.05) is 13.8 Å². The maximum absolute atomic E-state index is 4.29. The SMILES string of the molecule is CN=C(NCC(C)(C)N(C)C)NC(C)CCC(C)C. The molecule has 0 aliphatic carbocycles. The van der Waals surface area contributed by atoms with Gasteiger partial charge in [-0.05, 0) is 53.6 Å². The zero-order chi connectivity index (χ0) is 15.1. The van der Waals surface area contributed by atoms with Crippen LogP contribution >= 0.6 is 0 Å². The molecule has 0 bridgehead atoms. The molecule has 0 radical (unpaired) electrons. The molecule has 0 aromatic rings. The van der Waals surface area contributed by atoms with Crippen LogP contribution in [0.25, 0.3) is 0 Å². The fourth-order valence-corrected chi connectivity index (χ4v) is 1.54. The highest BCUT2D eigenvalue weighted by atomic mass is 15.2. The van der Waals surface area contributed by atoms with Gasteiger partial charge in [0, 0.05) is 25.2 Å². The second-order valence-electron chi connectivity index (χ2n) is 6.65. The van der Waals surface area contributed by atoms with Crippen LogP contribution in [0.3, 0.4) is 0 Å². The zero-order valence-corrected chi connectivity index (χ0v) is 14.2. The predicted octanol–water partition coefficient (Wildman–Crippen LogP) is 2.32. The molecule has 4 heteroatoms. The minimum Gasteiger partial charge on any atom is -0.355 e. The van der Waals surface area contributed by atoms with Crippen molar-refractivity contribution in [2.75, 3.05) is 27.7 Å². The number of hydrogen-bond donors (Lipinski definition) is 2. The number of nitrogens with one attached hydrogen (secondary N) is 2. The maximum Gasteiger partial charge on any atom is 0.191 e. The van der Waals surface area contributed by atoms with Gasteiger partial charge in [0.2, 0.25) is 0 Å². The van der Waals surface area contributed by atoms with Crippen LogP contribution in [-0.2, 0) is 0 Å². The lowest BCUT2D eigenvalue weighted by Gasteiger charge is -2.33. The number of rotatable bonds is 7. The quantitative estimate of drug-likeness (QED) is 0.551. The molecule has 0 saturated heterocycles. The molecule has 0 spiro atoms. The first-order chi connectivity index (χ1) is 8.69. The van der Waals surface area contributed by atoms with Crippen LogP contribution in [0.4, 0.5) is 0 Å². The van der Waals surface area contributed by atoms with E-state index in [9.17, 15) is 0 Å². The molecule has 0 saturated carbocycles. The Hall–Kier alpha value is -0.770. The lowest BCUT2D eigenvalue weighted by atomic mass is 10.0. The molecule has 0 aromatic carbocycles. The molecule has 2 N–H and O–H groups in total. The van der Waals surface area contributed by atoms with Crippen molar-refractivity contribution in [1.29, 1.82) is 0 Å².